The van der Waals surface area contributed by atoms with Gasteiger partial charge < -0.3 is 10.2 Å². The average molecular weight is 278 g/mol. The van der Waals surface area contributed by atoms with E-state index in [1.807, 2.05) is 11.3 Å². The van der Waals surface area contributed by atoms with Gasteiger partial charge in [0.25, 0.3) is 0 Å². The summed E-state index contributed by atoms with van der Waals surface area (Å²) in [5.41, 5.74) is 1.22. The van der Waals surface area contributed by atoms with Crippen molar-refractivity contribution in [3.05, 3.63) is 11.1 Å². The molecule has 2 saturated carbocycles. The van der Waals surface area contributed by atoms with Gasteiger partial charge in [-0.15, -0.1) is 11.3 Å². The van der Waals surface area contributed by atoms with E-state index in [1.54, 1.807) is 0 Å². The van der Waals surface area contributed by atoms with Crippen LogP contribution in [0.1, 0.15) is 31.4 Å². The summed E-state index contributed by atoms with van der Waals surface area (Å²) in [4.78, 5) is 9.90. The summed E-state index contributed by atoms with van der Waals surface area (Å²) in [5, 5.41) is 6.98. The van der Waals surface area contributed by atoms with E-state index < -0.39 is 0 Å². The quantitative estimate of drug-likeness (QED) is 0.888. The molecule has 1 N–H and O–H groups in total. The Hall–Kier alpha value is -0.650. The Labute approximate surface area is 118 Å². The van der Waals surface area contributed by atoms with E-state index in [4.69, 9.17) is 4.98 Å². The van der Waals surface area contributed by atoms with Crippen LogP contribution in [-0.4, -0.2) is 48.1 Å². The lowest BCUT2D eigenvalue weighted by Gasteiger charge is -2.34. The maximum Gasteiger partial charge on any atom is 0.185 e. The highest BCUT2D eigenvalue weighted by molar-refractivity contribution is 7.13. The molecule has 1 aromatic heterocycles. The summed E-state index contributed by atoms with van der Waals surface area (Å²) in [6, 6.07) is 1.68. The molecule has 4 rings (SSSR count). The molecular formula is C14H22N4S. The zero-order valence-electron chi connectivity index (χ0n) is 11.3. The molecule has 0 aromatic carbocycles. The van der Waals surface area contributed by atoms with Crippen LogP contribution in [0.25, 0.3) is 0 Å². The highest BCUT2D eigenvalue weighted by Gasteiger charge is 2.31. The second-order valence-corrected chi connectivity index (χ2v) is 6.87. The normalized spacial score (nSPS) is 24.9. The molecule has 2 aliphatic carbocycles. The highest BCUT2D eigenvalue weighted by Crippen LogP contribution is 2.29. The third-order valence-electron chi connectivity index (χ3n) is 4.34. The van der Waals surface area contributed by atoms with Gasteiger partial charge in [-0.1, -0.05) is 0 Å². The fourth-order valence-corrected chi connectivity index (χ4v) is 3.66. The smallest absolute Gasteiger partial charge is 0.185 e. The van der Waals surface area contributed by atoms with Crippen molar-refractivity contribution < 1.29 is 0 Å². The lowest BCUT2D eigenvalue weighted by molar-refractivity contribution is 0.248. The maximum absolute atomic E-state index is 4.78. The van der Waals surface area contributed by atoms with Crippen LogP contribution in [0.15, 0.2) is 5.38 Å². The Morgan fingerprint density at radius 3 is 2.63 bits per heavy atom. The van der Waals surface area contributed by atoms with Gasteiger partial charge in [0.2, 0.25) is 0 Å². The lowest BCUT2D eigenvalue weighted by atomic mass is 10.3. The van der Waals surface area contributed by atoms with Crippen molar-refractivity contribution in [1.82, 2.24) is 15.2 Å². The second-order valence-electron chi connectivity index (χ2n) is 6.03. The molecule has 104 valence electrons. The molecule has 1 aromatic rings. The molecule has 1 saturated heterocycles. The number of nitrogens with one attached hydrogen (secondary N) is 1. The van der Waals surface area contributed by atoms with E-state index in [0.717, 1.165) is 31.7 Å². The van der Waals surface area contributed by atoms with Crippen molar-refractivity contribution in [3.8, 4) is 0 Å². The van der Waals surface area contributed by atoms with Crippen molar-refractivity contribution in [1.29, 1.82) is 0 Å². The van der Waals surface area contributed by atoms with Crippen molar-refractivity contribution in [2.45, 2.75) is 44.3 Å². The number of nitrogens with zero attached hydrogens (tertiary/aromatic N) is 3. The predicted octanol–water partition coefficient (Wildman–Crippen LogP) is 1.68. The van der Waals surface area contributed by atoms with E-state index in [2.05, 4.69) is 20.5 Å². The summed E-state index contributed by atoms with van der Waals surface area (Å²) in [6.45, 7) is 5.70. The van der Waals surface area contributed by atoms with Crippen molar-refractivity contribution in [2.75, 3.05) is 31.1 Å². The van der Waals surface area contributed by atoms with Crippen LogP contribution < -0.4 is 10.2 Å². The minimum absolute atomic E-state index is 0.771. The summed E-state index contributed by atoms with van der Waals surface area (Å²) >= 11 is 1.81. The number of anilines is 1. The number of rotatable bonds is 5. The summed E-state index contributed by atoms with van der Waals surface area (Å²) in [7, 11) is 0. The van der Waals surface area contributed by atoms with Gasteiger partial charge in [-0.3, -0.25) is 4.90 Å². The highest BCUT2D eigenvalue weighted by atomic mass is 32.1. The first-order valence-electron chi connectivity index (χ1n) is 7.55. The first-order valence-corrected chi connectivity index (χ1v) is 8.43. The number of aromatic nitrogens is 1. The SMILES string of the molecule is c1sc(N2CCN(C3CC3)CC2)nc1CNC1CC1. The molecule has 3 fully saturated rings. The summed E-state index contributed by atoms with van der Waals surface area (Å²) in [6.07, 6.45) is 5.54. The van der Waals surface area contributed by atoms with Crippen molar-refractivity contribution >= 4 is 16.5 Å². The molecule has 1 aliphatic heterocycles. The first kappa shape index (κ1) is 12.1. The van der Waals surface area contributed by atoms with Gasteiger partial charge in [0.15, 0.2) is 5.13 Å². The van der Waals surface area contributed by atoms with Gasteiger partial charge in [-0.25, -0.2) is 4.98 Å². The molecule has 0 spiro atoms. The fraction of sp³-hybridized carbons (Fsp3) is 0.786. The molecule has 2 heterocycles. The Morgan fingerprint density at radius 2 is 1.95 bits per heavy atom. The molecule has 0 amide bonds. The van der Waals surface area contributed by atoms with Crippen LogP contribution in [0.3, 0.4) is 0 Å². The molecule has 0 radical (unpaired) electrons. The monoisotopic (exact) mass is 278 g/mol. The molecule has 0 atom stereocenters. The predicted molar refractivity (Wildman–Crippen MR) is 78.8 cm³/mol. The number of piperazine rings is 1. The Balaban J connectivity index is 1.31. The lowest BCUT2D eigenvalue weighted by Crippen LogP contribution is -2.47. The zero-order chi connectivity index (χ0) is 12.7. The minimum Gasteiger partial charge on any atom is -0.346 e. The van der Waals surface area contributed by atoms with Crippen LogP contribution in [0, 0.1) is 0 Å². The van der Waals surface area contributed by atoms with Crippen LogP contribution in [0.2, 0.25) is 0 Å². The van der Waals surface area contributed by atoms with Crippen molar-refractivity contribution in [3.63, 3.8) is 0 Å². The molecule has 0 unspecified atom stereocenters. The van der Waals surface area contributed by atoms with Crippen LogP contribution in [-0.2, 0) is 6.54 Å². The third kappa shape index (κ3) is 2.93. The molecule has 19 heavy (non-hydrogen) atoms. The van der Waals surface area contributed by atoms with E-state index in [1.165, 1.54) is 49.6 Å². The van der Waals surface area contributed by atoms with Crippen LogP contribution in [0.5, 0.6) is 0 Å². The first-order chi connectivity index (χ1) is 9.38. The van der Waals surface area contributed by atoms with E-state index in [9.17, 15) is 0 Å². The largest absolute Gasteiger partial charge is 0.346 e. The third-order valence-corrected chi connectivity index (χ3v) is 5.29. The van der Waals surface area contributed by atoms with Gasteiger partial charge in [0.05, 0.1) is 5.69 Å². The average Bonchev–Trinajstić information content (AvgIpc) is 3.36. The topological polar surface area (TPSA) is 31.4 Å². The Bertz CT molecular complexity index is 430. The molecular weight excluding hydrogens is 256 g/mol. The van der Waals surface area contributed by atoms with Crippen LogP contribution >= 0.6 is 11.3 Å². The maximum atomic E-state index is 4.78. The van der Waals surface area contributed by atoms with Gasteiger partial charge in [0.1, 0.15) is 0 Å². The van der Waals surface area contributed by atoms with Gasteiger partial charge in [0, 0.05) is 50.2 Å². The van der Waals surface area contributed by atoms with E-state index in [0.29, 0.717) is 0 Å². The number of hydrogen-bond donors (Lipinski definition) is 1. The minimum atomic E-state index is 0.771. The van der Waals surface area contributed by atoms with Gasteiger partial charge in [-0.05, 0) is 25.7 Å². The standard InChI is InChI=1S/C14H22N4S/c1-2-11(1)15-9-12-10-19-14(16-12)18-7-5-17(6-8-18)13-3-4-13/h10-11,13,15H,1-9H2. The molecule has 3 aliphatic rings. The molecule has 5 heteroatoms. The number of thiazole rings is 1. The molecule has 4 nitrogen and oxygen atoms in total. The van der Waals surface area contributed by atoms with Crippen LogP contribution in [0.4, 0.5) is 5.13 Å². The molecule has 0 bridgehead atoms. The second kappa shape index (κ2) is 5.04. The Morgan fingerprint density at radius 1 is 1.16 bits per heavy atom. The summed E-state index contributed by atoms with van der Waals surface area (Å²) in [5.74, 6) is 0. The number of hydrogen-bond acceptors (Lipinski definition) is 5. The van der Waals surface area contributed by atoms with Gasteiger partial charge >= 0.3 is 0 Å². The summed E-state index contributed by atoms with van der Waals surface area (Å²) < 4.78 is 0. The van der Waals surface area contributed by atoms with E-state index >= 15 is 0 Å². The van der Waals surface area contributed by atoms with E-state index in [-0.39, 0.29) is 0 Å². The fourth-order valence-electron chi connectivity index (χ4n) is 2.78. The Kier molecular flexibility index (Phi) is 3.21. The van der Waals surface area contributed by atoms with Crippen molar-refractivity contribution in [2.24, 2.45) is 0 Å². The van der Waals surface area contributed by atoms with Gasteiger partial charge in [-0.2, -0.15) is 0 Å². The zero-order valence-corrected chi connectivity index (χ0v) is 12.2.